The first kappa shape index (κ1) is 24.8. The first-order valence-electron chi connectivity index (χ1n) is 13.6. The third kappa shape index (κ3) is 4.77. The van der Waals surface area contributed by atoms with Crippen LogP contribution in [0.5, 0.6) is 0 Å². The van der Waals surface area contributed by atoms with Crippen molar-refractivity contribution in [2.75, 3.05) is 5.32 Å². The number of fused-ring (bicyclic) bond motifs is 2. The molecule has 0 fully saturated rings. The fraction of sp³-hybridized carbons (Fsp3) is 0.167. The highest BCUT2D eigenvalue weighted by Crippen LogP contribution is 2.32. The molecule has 0 aliphatic heterocycles. The molecule has 3 nitrogen and oxygen atoms in total. The van der Waals surface area contributed by atoms with Gasteiger partial charge in [-0.1, -0.05) is 47.5 Å². The molecule has 2 aromatic heterocycles. The maximum Gasteiger partial charge on any atom is 0.278 e. The van der Waals surface area contributed by atoms with Crippen molar-refractivity contribution < 1.29 is 4.98 Å². The largest absolute Gasteiger partial charge is 0.278 e. The first-order valence-corrected chi connectivity index (χ1v) is 13.6. The van der Waals surface area contributed by atoms with E-state index in [-0.39, 0.29) is 0 Å². The van der Waals surface area contributed by atoms with E-state index in [1.54, 1.807) is 0 Å². The van der Waals surface area contributed by atoms with Gasteiger partial charge >= 0.3 is 0 Å². The Bertz CT molecular complexity index is 1710. The highest BCUT2D eigenvalue weighted by Gasteiger charge is 2.12. The van der Waals surface area contributed by atoms with Crippen molar-refractivity contribution in [2.45, 2.75) is 41.5 Å². The van der Waals surface area contributed by atoms with Crippen LogP contribution >= 0.6 is 0 Å². The molecule has 0 aliphatic carbocycles. The van der Waals surface area contributed by atoms with Crippen LogP contribution in [0.15, 0.2) is 84.9 Å². The number of anilines is 2. The molecule has 0 saturated heterocycles. The Balaban J connectivity index is 1.28. The van der Waals surface area contributed by atoms with Gasteiger partial charge in [0.1, 0.15) is 5.52 Å². The third-order valence-electron chi connectivity index (χ3n) is 7.63. The van der Waals surface area contributed by atoms with Crippen molar-refractivity contribution in [1.29, 1.82) is 0 Å². The van der Waals surface area contributed by atoms with Gasteiger partial charge in [-0.15, -0.1) is 0 Å². The monoisotopic (exact) mass is 508 g/mol. The molecule has 4 aromatic carbocycles. The van der Waals surface area contributed by atoms with E-state index in [0.29, 0.717) is 0 Å². The predicted octanol–water partition coefficient (Wildman–Crippen LogP) is 9.13. The van der Waals surface area contributed by atoms with Crippen LogP contribution in [0.25, 0.3) is 44.1 Å². The Morgan fingerprint density at radius 1 is 0.538 bits per heavy atom. The van der Waals surface area contributed by atoms with Gasteiger partial charge in [0.2, 0.25) is 5.82 Å². The molecule has 0 atom stereocenters. The zero-order valence-corrected chi connectivity index (χ0v) is 23.5. The summed E-state index contributed by atoms with van der Waals surface area (Å²) in [6, 6.07) is 30.6. The van der Waals surface area contributed by atoms with Crippen molar-refractivity contribution in [2.24, 2.45) is 0 Å². The van der Waals surface area contributed by atoms with Crippen LogP contribution in [0.3, 0.4) is 0 Å². The summed E-state index contributed by atoms with van der Waals surface area (Å²) in [6.07, 6.45) is 0. The number of aryl methyl sites for hydroxylation is 6. The SMILES string of the molecule is Cc1cc(C)c(-c2ccc3nc(Nc4ccc5cc(-c6c(C)cc(C)cc6C)ccc5[nH+]4)ccc3c2)c(C)c1. The molecule has 2 heterocycles. The molecule has 2 N–H and O–H groups in total. The molecule has 0 aliphatic rings. The molecule has 0 bridgehead atoms. The van der Waals surface area contributed by atoms with Crippen LogP contribution in [0.1, 0.15) is 33.4 Å². The summed E-state index contributed by atoms with van der Waals surface area (Å²) >= 11 is 0. The van der Waals surface area contributed by atoms with Gasteiger partial charge in [0.15, 0.2) is 0 Å². The van der Waals surface area contributed by atoms with E-state index in [4.69, 9.17) is 4.98 Å². The van der Waals surface area contributed by atoms with Crippen LogP contribution < -0.4 is 10.3 Å². The van der Waals surface area contributed by atoms with E-state index in [2.05, 4.69) is 131 Å². The van der Waals surface area contributed by atoms with Gasteiger partial charge in [0.05, 0.1) is 5.52 Å². The molecule has 192 valence electrons. The summed E-state index contributed by atoms with van der Waals surface area (Å²) in [6.45, 7) is 13.1. The molecular formula is C36H34N3+. The predicted molar refractivity (Wildman–Crippen MR) is 165 cm³/mol. The number of nitrogens with one attached hydrogen (secondary N) is 2. The maximum atomic E-state index is 4.89. The minimum Gasteiger partial charge on any atom is -0.240 e. The Hall–Kier alpha value is -4.50. The average molecular weight is 509 g/mol. The fourth-order valence-corrected chi connectivity index (χ4v) is 6.16. The molecular weight excluding hydrogens is 474 g/mol. The smallest absolute Gasteiger partial charge is 0.240 e. The molecule has 6 rings (SSSR count). The topological polar surface area (TPSA) is 39.1 Å². The van der Waals surface area contributed by atoms with E-state index in [1.165, 1.54) is 61.0 Å². The lowest BCUT2D eigenvalue weighted by Gasteiger charge is -2.12. The van der Waals surface area contributed by atoms with Crippen LogP contribution in [0.4, 0.5) is 11.6 Å². The van der Waals surface area contributed by atoms with Gasteiger partial charge in [-0.2, -0.15) is 0 Å². The Morgan fingerprint density at radius 2 is 1.08 bits per heavy atom. The van der Waals surface area contributed by atoms with E-state index in [1.807, 2.05) is 6.07 Å². The minimum atomic E-state index is 0.816. The van der Waals surface area contributed by atoms with E-state index in [0.717, 1.165) is 28.1 Å². The summed E-state index contributed by atoms with van der Waals surface area (Å²) in [4.78, 5) is 8.43. The van der Waals surface area contributed by atoms with Gasteiger partial charge < -0.3 is 0 Å². The van der Waals surface area contributed by atoms with Gasteiger partial charge in [-0.25, -0.2) is 15.3 Å². The number of hydrogen-bond acceptors (Lipinski definition) is 2. The molecule has 0 unspecified atom stereocenters. The quantitative estimate of drug-likeness (QED) is 0.258. The van der Waals surface area contributed by atoms with Gasteiger partial charge in [-0.05, 0) is 122 Å². The number of nitrogens with zero attached hydrogens (tertiary/aromatic N) is 1. The standard InChI is InChI=1S/C36H33N3/c1-21-15-23(3)35(24(4)16-21)29-7-11-31-27(19-29)9-13-33(37-31)39-34-14-10-28-20-30(8-12-32(28)38-34)36-25(5)17-22(2)18-26(36)6/h7-20H,1-6H3,(H,37,38,39)/p+1. The number of benzene rings is 4. The summed E-state index contributed by atoms with van der Waals surface area (Å²) < 4.78 is 0. The number of rotatable bonds is 4. The molecule has 6 aromatic rings. The van der Waals surface area contributed by atoms with Crippen molar-refractivity contribution >= 4 is 33.4 Å². The summed E-state index contributed by atoms with van der Waals surface area (Å²) in [7, 11) is 0. The van der Waals surface area contributed by atoms with E-state index in [9.17, 15) is 0 Å². The second kappa shape index (κ2) is 9.67. The minimum absolute atomic E-state index is 0.816. The van der Waals surface area contributed by atoms with E-state index >= 15 is 0 Å². The summed E-state index contributed by atoms with van der Waals surface area (Å²) in [5.41, 5.74) is 15.0. The second-order valence-electron chi connectivity index (χ2n) is 11.0. The molecule has 3 heteroatoms. The first-order chi connectivity index (χ1) is 18.7. The molecule has 0 amide bonds. The Kier molecular flexibility index (Phi) is 6.15. The van der Waals surface area contributed by atoms with Crippen molar-refractivity contribution in [3.05, 3.63) is 118 Å². The van der Waals surface area contributed by atoms with Crippen molar-refractivity contribution in [3.63, 3.8) is 0 Å². The number of aromatic nitrogens is 2. The molecule has 0 spiro atoms. The number of aromatic amines is 1. The van der Waals surface area contributed by atoms with Gasteiger partial charge in [0.25, 0.3) is 5.82 Å². The zero-order chi connectivity index (χ0) is 27.3. The molecule has 0 saturated carbocycles. The number of hydrogen-bond donors (Lipinski definition) is 1. The zero-order valence-electron chi connectivity index (χ0n) is 23.5. The summed E-state index contributed by atoms with van der Waals surface area (Å²) in [5.74, 6) is 1.73. The van der Waals surface area contributed by atoms with E-state index < -0.39 is 0 Å². The van der Waals surface area contributed by atoms with Crippen molar-refractivity contribution in [1.82, 2.24) is 4.98 Å². The van der Waals surface area contributed by atoms with Crippen molar-refractivity contribution in [3.8, 4) is 22.3 Å². The third-order valence-corrected chi connectivity index (χ3v) is 7.63. The van der Waals surface area contributed by atoms with Crippen LogP contribution in [-0.4, -0.2) is 4.98 Å². The lowest BCUT2D eigenvalue weighted by atomic mass is 9.93. The maximum absolute atomic E-state index is 4.89. The van der Waals surface area contributed by atoms with Crippen LogP contribution in [0, 0.1) is 41.5 Å². The Labute approximate surface area is 230 Å². The van der Waals surface area contributed by atoms with Gasteiger partial charge in [-0.3, -0.25) is 0 Å². The lowest BCUT2D eigenvalue weighted by Crippen LogP contribution is -2.11. The lowest BCUT2D eigenvalue weighted by molar-refractivity contribution is -0.326. The highest BCUT2D eigenvalue weighted by molar-refractivity contribution is 5.88. The van der Waals surface area contributed by atoms with Gasteiger partial charge in [0, 0.05) is 22.9 Å². The number of H-pyrrole nitrogens is 1. The normalized spacial score (nSPS) is 11.3. The fourth-order valence-electron chi connectivity index (χ4n) is 6.16. The Morgan fingerprint density at radius 3 is 1.69 bits per heavy atom. The van der Waals surface area contributed by atoms with Crippen LogP contribution in [-0.2, 0) is 0 Å². The van der Waals surface area contributed by atoms with Crippen LogP contribution in [0.2, 0.25) is 0 Å². The molecule has 39 heavy (non-hydrogen) atoms. The highest BCUT2D eigenvalue weighted by atomic mass is 15.1. The summed E-state index contributed by atoms with van der Waals surface area (Å²) in [5, 5.41) is 5.78. The molecule has 0 radical (unpaired) electrons. The number of pyridine rings is 2. The average Bonchev–Trinajstić information content (AvgIpc) is 2.87. The second-order valence-corrected chi connectivity index (χ2v) is 11.0.